The first-order valence-corrected chi connectivity index (χ1v) is 8.11. The van der Waals surface area contributed by atoms with Crippen LogP contribution in [0.5, 0.6) is 0 Å². The second kappa shape index (κ2) is 4.96. The summed E-state index contributed by atoms with van der Waals surface area (Å²) in [6.07, 6.45) is 0. The number of sulfone groups is 1. The molecule has 4 nitrogen and oxygen atoms in total. The average molecular weight is 302 g/mol. The van der Waals surface area contributed by atoms with Gasteiger partial charge >= 0.3 is 5.76 Å². The van der Waals surface area contributed by atoms with E-state index in [-0.39, 0.29) is 4.90 Å². The predicted octanol–water partition coefficient (Wildman–Crippen LogP) is 1.34. The van der Waals surface area contributed by atoms with Crippen molar-refractivity contribution < 1.29 is 17.2 Å². The molecule has 2 aliphatic rings. The molecule has 0 bridgehead atoms. The van der Waals surface area contributed by atoms with Gasteiger partial charge in [0.15, 0.2) is 0 Å². The summed E-state index contributed by atoms with van der Waals surface area (Å²) in [7, 11) is -4.56. The van der Waals surface area contributed by atoms with E-state index >= 15 is 0 Å². The largest absolute Gasteiger partial charge is 0.370 e. The van der Waals surface area contributed by atoms with Gasteiger partial charge in [0.2, 0.25) is 9.84 Å². The van der Waals surface area contributed by atoms with E-state index < -0.39 is 15.6 Å². The maximum absolute atomic E-state index is 12.8. The molecule has 7 heteroatoms. The van der Waals surface area contributed by atoms with E-state index in [1.54, 1.807) is 12.1 Å². The number of alkyl halides is 2. The third-order valence-electron chi connectivity index (χ3n) is 4.14. The SMILES string of the molecule is O=S(=O)(c1ccccc1N1CC2CNCC2C1)C(F)F. The van der Waals surface area contributed by atoms with E-state index in [4.69, 9.17) is 0 Å². The molecule has 2 saturated heterocycles. The van der Waals surface area contributed by atoms with Crippen molar-refractivity contribution in [2.24, 2.45) is 11.8 Å². The first kappa shape index (κ1) is 13.8. The molecule has 2 aliphatic heterocycles. The zero-order valence-corrected chi connectivity index (χ0v) is 11.6. The van der Waals surface area contributed by atoms with Crippen LogP contribution in [0.25, 0.3) is 0 Å². The Morgan fingerprint density at radius 3 is 2.35 bits per heavy atom. The lowest BCUT2D eigenvalue weighted by molar-refractivity contribution is 0.235. The molecule has 1 N–H and O–H groups in total. The summed E-state index contributed by atoms with van der Waals surface area (Å²) in [5.41, 5.74) is 0.405. The van der Waals surface area contributed by atoms with Gasteiger partial charge in [0.25, 0.3) is 0 Å². The van der Waals surface area contributed by atoms with Crippen molar-refractivity contribution in [2.45, 2.75) is 10.7 Å². The number of benzene rings is 1. The summed E-state index contributed by atoms with van der Waals surface area (Å²) < 4.78 is 49.1. The smallest absolute Gasteiger partial charge is 0.341 e. The summed E-state index contributed by atoms with van der Waals surface area (Å²) >= 11 is 0. The van der Waals surface area contributed by atoms with Crippen molar-refractivity contribution in [3.63, 3.8) is 0 Å². The molecule has 110 valence electrons. The lowest BCUT2D eigenvalue weighted by Gasteiger charge is -2.22. The Morgan fingerprint density at radius 2 is 1.75 bits per heavy atom. The van der Waals surface area contributed by atoms with E-state index in [1.807, 2.05) is 4.90 Å². The molecule has 2 unspecified atom stereocenters. The Morgan fingerprint density at radius 1 is 1.15 bits per heavy atom. The highest BCUT2D eigenvalue weighted by Crippen LogP contribution is 2.35. The molecule has 0 aliphatic carbocycles. The van der Waals surface area contributed by atoms with Crippen molar-refractivity contribution in [3.8, 4) is 0 Å². The van der Waals surface area contributed by atoms with Crippen LogP contribution in [-0.4, -0.2) is 40.4 Å². The van der Waals surface area contributed by atoms with Gasteiger partial charge < -0.3 is 10.2 Å². The maximum atomic E-state index is 12.8. The molecule has 0 amide bonds. The normalized spacial score (nSPS) is 26.2. The van der Waals surface area contributed by atoms with Crippen LogP contribution in [0.1, 0.15) is 0 Å². The van der Waals surface area contributed by atoms with Crippen molar-refractivity contribution in [2.75, 3.05) is 31.1 Å². The van der Waals surface area contributed by atoms with Crippen LogP contribution < -0.4 is 10.2 Å². The van der Waals surface area contributed by atoms with Gasteiger partial charge in [-0.05, 0) is 24.0 Å². The quantitative estimate of drug-likeness (QED) is 0.915. The number of anilines is 1. The Hall–Kier alpha value is -1.21. The monoisotopic (exact) mass is 302 g/mol. The van der Waals surface area contributed by atoms with Crippen LogP contribution in [0.4, 0.5) is 14.5 Å². The minimum Gasteiger partial charge on any atom is -0.370 e. The second-order valence-corrected chi connectivity index (χ2v) is 7.24. The van der Waals surface area contributed by atoms with Crippen LogP contribution in [0.3, 0.4) is 0 Å². The fourth-order valence-corrected chi connectivity index (χ4v) is 4.06. The predicted molar refractivity (Wildman–Crippen MR) is 71.7 cm³/mol. The summed E-state index contributed by atoms with van der Waals surface area (Å²) in [5, 5.41) is 3.29. The van der Waals surface area contributed by atoms with E-state index in [2.05, 4.69) is 5.32 Å². The number of para-hydroxylation sites is 1. The molecular formula is C13H16F2N2O2S. The van der Waals surface area contributed by atoms with E-state index in [9.17, 15) is 17.2 Å². The molecule has 2 atom stereocenters. The molecule has 3 rings (SSSR count). The highest BCUT2D eigenvalue weighted by Gasteiger charge is 2.38. The third kappa shape index (κ3) is 2.18. The lowest BCUT2D eigenvalue weighted by atomic mass is 10.0. The van der Waals surface area contributed by atoms with E-state index in [1.165, 1.54) is 12.1 Å². The Bertz CT molecular complexity index is 594. The zero-order valence-electron chi connectivity index (χ0n) is 10.8. The molecule has 1 aromatic rings. The van der Waals surface area contributed by atoms with Gasteiger partial charge in [0.1, 0.15) is 0 Å². The minimum absolute atomic E-state index is 0.261. The van der Waals surface area contributed by atoms with Crippen LogP contribution in [0, 0.1) is 11.8 Å². The summed E-state index contributed by atoms with van der Waals surface area (Å²) in [4.78, 5) is 1.66. The highest BCUT2D eigenvalue weighted by atomic mass is 32.2. The number of fused-ring (bicyclic) bond motifs is 1. The molecule has 1 aromatic carbocycles. The standard InChI is InChI=1S/C13H16F2N2O2S/c14-13(15)20(18,19)12-4-2-1-3-11(12)17-7-9-5-16-6-10(9)8-17/h1-4,9-10,13,16H,5-8H2. The van der Waals surface area contributed by atoms with Crippen LogP contribution >= 0.6 is 0 Å². The van der Waals surface area contributed by atoms with Crippen molar-refractivity contribution >= 4 is 15.5 Å². The molecule has 2 heterocycles. The van der Waals surface area contributed by atoms with E-state index in [0.717, 1.165) is 13.1 Å². The molecule has 0 radical (unpaired) electrons. The lowest BCUT2D eigenvalue weighted by Crippen LogP contribution is -2.27. The number of nitrogens with one attached hydrogen (secondary N) is 1. The molecule has 0 aromatic heterocycles. The number of nitrogens with zero attached hydrogens (tertiary/aromatic N) is 1. The Balaban J connectivity index is 1.95. The van der Waals surface area contributed by atoms with Gasteiger partial charge in [-0.2, -0.15) is 8.78 Å². The average Bonchev–Trinajstić information content (AvgIpc) is 2.99. The van der Waals surface area contributed by atoms with Gasteiger partial charge in [-0.15, -0.1) is 0 Å². The molecule has 0 saturated carbocycles. The Kier molecular flexibility index (Phi) is 3.41. The van der Waals surface area contributed by atoms with Gasteiger partial charge in [-0.3, -0.25) is 0 Å². The zero-order chi connectivity index (χ0) is 14.3. The van der Waals surface area contributed by atoms with Gasteiger partial charge in [0.05, 0.1) is 10.6 Å². The van der Waals surface area contributed by atoms with Gasteiger partial charge in [0, 0.05) is 26.2 Å². The number of halogens is 2. The van der Waals surface area contributed by atoms with Crippen LogP contribution in [0.2, 0.25) is 0 Å². The van der Waals surface area contributed by atoms with Gasteiger partial charge in [-0.25, -0.2) is 8.42 Å². The first-order chi connectivity index (χ1) is 9.50. The van der Waals surface area contributed by atoms with Gasteiger partial charge in [-0.1, -0.05) is 12.1 Å². The molecular weight excluding hydrogens is 286 g/mol. The topological polar surface area (TPSA) is 49.4 Å². The van der Waals surface area contributed by atoms with E-state index in [0.29, 0.717) is 30.6 Å². The Labute approximate surface area is 116 Å². The second-order valence-electron chi connectivity index (χ2n) is 5.36. The molecule has 0 spiro atoms. The van der Waals surface area contributed by atoms with Crippen LogP contribution in [-0.2, 0) is 9.84 Å². The maximum Gasteiger partial charge on any atom is 0.341 e. The van der Waals surface area contributed by atoms with Crippen molar-refractivity contribution in [3.05, 3.63) is 24.3 Å². The first-order valence-electron chi connectivity index (χ1n) is 6.57. The number of rotatable bonds is 3. The summed E-state index contributed by atoms with van der Waals surface area (Å²) in [6.45, 7) is 3.25. The minimum atomic E-state index is -4.56. The number of hydrogen-bond acceptors (Lipinski definition) is 4. The third-order valence-corrected chi connectivity index (χ3v) is 5.56. The summed E-state index contributed by atoms with van der Waals surface area (Å²) in [5.74, 6) is -2.44. The number of hydrogen-bond donors (Lipinski definition) is 1. The van der Waals surface area contributed by atoms with Crippen molar-refractivity contribution in [1.29, 1.82) is 0 Å². The molecule has 2 fully saturated rings. The molecule has 20 heavy (non-hydrogen) atoms. The van der Waals surface area contributed by atoms with Crippen molar-refractivity contribution in [1.82, 2.24) is 5.32 Å². The fraction of sp³-hybridized carbons (Fsp3) is 0.538. The highest BCUT2D eigenvalue weighted by molar-refractivity contribution is 7.91. The summed E-state index contributed by atoms with van der Waals surface area (Å²) in [6, 6.07) is 6.05. The van der Waals surface area contributed by atoms with Crippen LogP contribution in [0.15, 0.2) is 29.2 Å². The fourth-order valence-electron chi connectivity index (χ4n) is 3.11.